The largest absolute Gasteiger partial charge is 0.384 e. The molecule has 0 heterocycles. The minimum atomic E-state index is -0.0692. The highest BCUT2D eigenvalue weighted by atomic mass is 35.5. The normalized spacial score (nSPS) is 14.3. The van der Waals surface area contributed by atoms with Gasteiger partial charge in [0.25, 0.3) is 5.91 Å². The Kier molecular flexibility index (Phi) is 5.88. The van der Waals surface area contributed by atoms with Gasteiger partial charge in [0.05, 0.1) is 5.56 Å². The Morgan fingerprint density at radius 3 is 2.81 bits per heavy atom. The molecule has 5 heteroatoms. The number of hydrogen-bond acceptors (Lipinski definition) is 3. The van der Waals surface area contributed by atoms with Gasteiger partial charge < -0.3 is 15.5 Å². The molecule has 116 valence electrons. The van der Waals surface area contributed by atoms with Crippen molar-refractivity contribution in [1.29, 1.82) is 0 Å². The van der Waals surface area contributed by atoms with Crippen molar-refractivity contribution >= 4 is 23.2 Å². The van der Waals surface area contributed by atoms with Gasteiger partial charge in [0.15, 0.2) is 0 Å². The number of amides is 1. The number of hydrogen-bond donors (Lipinski definition) is 2. The van der Waals surface area contributed by atoms with E-state index in [0.717, 1.165) is 31.2 Å². The molecule has 0 aliphatic heterocycles. The van der Waals surface area contributed by atoms with E-state index in [9.17, 15) is 4.79 Å². The van der Waals surface area contributed by atoms with Crippen molar-refractivity contribution in [2.45, 2.75) is 32.2 Å². The highest BCUT2D eigenvalue weighted by Gasteiger charge is 2.25. The second-order valence-corrected chi connectivity index (χ2v) is 6.02. The molecule has 0 saturated heterocycles. The van der Waals surface area contributed by atoms with Gasteiger partial charge in [-0.05, 0) is 44.5 Å². The number of halogens is 1. The standard InChI is InChI=1S/C16H24ClN3O/c1-3-8-18-15-7-4-12(17)11-14(15)16(21)19-9-10-20(2)13-5-6-13/h4,7,11,13,18H,3,5-6,8-10H2,1-2H3,(H,19,21). The number of benzene rings is 1. The van der Waals surface area contributed by atoms with Crippen molar-refractivity contribution in [3.63, 3.8) is 0 Å². The van der Waals surface area contributed by atoms with Gasteiger partial charge in [0.2, 0.25) is 0 Å². The van der Waals surface area contributed by atoms with Crippen molar-refractivity contribution in [3.05, 3.63) is 28.8 Å². The van der Waals surface area contributed by atoms with Gasteiger partial charge >= 0.3 is 0 Å². The zero-order valence-corrected chi connectivity index (χ0v) is 13.5. The molecular formula is C16H24ClN3O. The predicted molar refractivity (Wildman–Crippen MR) is 88.2 cm³/mol. The van der Waals surface area contributed by atoms with Crippen LogP contribution in [0.3, 0.4) is 0 Å². The molecule has 2 N–H and O–H groups in total. The lowest BCUT2D eigenvalue weighted by Gasteiger charge is -2.16. The Hall–Kier alpha value is -1.26. The van der Waals surface area contributed by atoms with Crippen molar-refractivity contribution in [2.24, 2.45) is 0 Å². The van der Waals surface area contributed by atoms with Crippen molar-refractivity contribution in [1.82, 2.24) is 10.2 Å². The molecule has 0 aromatic heterocycles. The molecule has 1 fully saturated rings. The molecular weight excluding hydrogens is 286 g/mol. The molecule has 0 atom stereocenters. The summed E-state index contributed by atoms with van der Waals surface area (Å²) in [6.45, 7) is 4.48. The van der Waals surface area contributed by atoms with Crippen LogP contribution in [0.4, 0.5) is 5.69 Å². The Bertz CT molecular complexity index is 488. The summed E-state index contributed by atoms with van der Waals surface area (Å²) in [6.07, 6.45) is 3.57. The smallest absolute Gasteiger partial charge is 0.253 e. The third kappa shape index (κ3) is 4.90. The Morgan fingerprint density at radius 1 is 1.38 bits per heavy atom. The van der Waals surface area contributed by atoms with Crippen LogP contribution in [0.25, 0.3) is 0 Å². The summed E-state index contributed by atoms with van der Waals surface area (Å²) in [5, 5.41) is 6.83. The number of nitrogens with zero attached hydrogens (tertiary/aromatic N) is 1. The third-order valence-corrected chi connectivity index (χ3v) is 3.95. The summed E-state index contributed by atoms with van der Waals surface area (Å²) in [5.41, 5.74) is 1.46. The van der Waals surface area contributed by atoms with Crippen LogP contribution in [0.15, 0.2) is 18.2 Å². The lowest BCUT2D eigenvalue weighted by atomic mass is 10.1. The van der Waals surface area contributed by atoms with E-state index in [1.54, 1.807) is 12.1 Å². The minimum absolute atomic E-state index is 0.0692. The van der Waals surface area contributed by atoms with Crippen LogP contribution in [0.1, 0.15) is 36.5 Å². The summed E-state index contributed by atoms with van der Waals surface area (Å²) in [7, 11) is 2.11. The van der Waals surface area contributed by atoms with Gasteiger partial charge in [-0.2, -0.15) is 0 Å². The van der Waals surface area contributed by atoms with Crippen LogP contribution in [0.5, 0.6) is 0 Å². The highest BCUT2D eigenvalue weighted by molar-refractivity contribution is 6.31. The average Bonchev–Trinajstić information content (AvgIpc) is 3.30. The maximum absolute atomic E-state index is 12.3. The molecule has 0 spiro atoms. The highest BCUT2D eigenvalue weighted by Crippen LogP contribution is 2.24. The van der Waals surface area contributed by atoms with Gasteiger partial charge in [-0.25, -0.2) is 0 Å². The first-order valence-electron chi connectivity index (χ1n) is 7.63. The average molecular weight is 310 g/mol. The number of rotatable bonds is 8. The zero-order chi connectivity index (χ0) is 15.2. The van der Waals surface area contributed by atoms with Gasteiger partial charge in [-0.3, -0.25) is 4.79 Å². The number of likely N-dealkylation sites (N-methyl/N-ethyl adjacent to an activating group) is 1. The SMILES string of the molecule is CCCNc1ccc(Cl)cc1C(=O)NCCN(C)C1CC1. The van der Waals surface area contributed by atoms with Crippen molar-refractivity contribution in [3.8, 4) is 0 Å². The molecule has 0 unspecified atom stereocenters. The minimum Gasteiger partial charge on any atom is -0.384 e. The van der Waals surface area contributed by atoms with E-state index in [1.165, 1.54) is 12.8 Å². The van der Waals surface area contributed by atoms with E-state index in [2.05, 4.69) is 29.5 Å². The zero-order valence-electron chi connectivity index (χ0n) is 12.8. The van der Waals surface area contributed by atoms with Gasteiger partial charge in [-0.1, -0.05) is 18.5 Å². The summed E-state index contributed by atoms with van der Waals surface area (Å²) in [6, 6.07) is 6.11. The molecule has 1 aliphatic carbocycles. The fraction of sp³-hybridized carbons (Fsp3) is 0.562. The molecule has 1 aromatic carbocycles. The van der Waals surface area contributed by atoms with E-state index in [4.69, 9.17) is 11.6 Å². The molecule has 21 heavy (non-hydrogen) atoms. The maximum atomic E-state index is 12.3. The first-order chi connectivity index (χ1) is 10.1. The number of anilines is 1. The van der Waals surface area contributed by atoms with Gasteiger partial charge in [-0.15, -0.1) is 0 Å². The Balaban J connectivity index is 1.91. The fourth-order valence-corrected chi connectivity index (χ4v) is 2.43. The second-order valence-electron chi connectivity index (χ2n) is 5.58. The summed E-state index contributed by atoms with van der Waals surface area (Å²) < 4.78 is 0. The number of carbonyl (C=O) groups is 1. The molecule has 1 aliphatic rings. The lowest BCUT2D eigenvalue weighted by molar-refractivity contribution is 0.0950. The summed E-state index contributed by atoms with van der Waals surface area (Å²) >= 11 is 6.01. The molecule has 0 radical (unpaired) electrons. The van der Waals surface area contributed by atoms with Crippen molar-refractivity contribution in [2.75, 3.05) is 32.0 Å². The Labute approximate surface area is 131 Å². The summed E-state index contributed by atoms with van der Waals surface area (Å²) in [4.78, 5) is 14.6. The van der Waals surface area contributed by atoms with Gasteiger partial charge in [0, 0.05) is 36.4 Å². The Morgan fingerprint density at radius 2 is 2.14 bits per heavy atom. The van der Waals surface area contributed by atoms with E-state index < -0.39 is 0 Å². The first kappa shape index (κ1) is 16.1. The van der Waals surface area contributed by atoms with Crippen molar-refractivity contribution < 1.29 is 4.79 Å². The third-order valence-electron chi connectivity index (χ3n) is 3.71. The lowest BCUT2D eigenvalue weighted by Crippen LogP contribution is -2.34. The molecule has 0 bridgehead atoms. The van der Waals surface area contributed by atoms with Crippen LogP contribution in [0.2, 0.25) is 5.02 Å². The first-order valence-corrected chi connectivity index (χ1v) is 8.01. The van der Waals surface area contributed by atoms with E-state index in [-0.39, 0.29) is 5.91 Å². The van der Waals surface area contributed by atoms with E-state index >= 15 is 0 Å². The molecule has 2 rings (SSSR count). The monoisotopic (exact) mass is 309 g/mol. The maximum Gasteiger partial charge on any atom is 0.253 e. The summed E-state index contributed by atoms with van der Waals surface area (Å²) in [5.74, 6) is -0.0692. The molecule has 1 amide bonds. The second kappa shape index (κ2) is 7.66. The van der Waals surface area contributed by atoms with Crippen LogP contribution in [0, 0.1) is 0 Å². The van der Waals surface area contributed by atoms with Gasteiger partial charge in [0.1, 0.15) is 0 Å². The number of carbonyl (C=O) groups excluding carboxylic acids is 1. The van der Waals surface area contributed by atoms with Crippen LogP contribution in [-0.2, 0) is 0 Å². The molecule has 1 aromatic rings. The quantitative estimate of drug-likeness (QED) is 0.776. The van der Waals surface area contributed by atoms with Crippen LogP contribution in [-0.4, -0.2) is 43.5 Å². The van der Waals surface area contributed by atoms with Crippen LogP contribution < -0.4 is 10.6 Å². The molecule has 4 nitrogen and oxygen atoms in total. The number of nitrogens with one attached hydrogen (secondary N) is 2. The fourth-order valence-electron chi connectivity index (χ4n) is 2.26. The topological polar surface area (TPSA) is 44.4 Å². The predicted octanol–water partition coefficient (Wildman–Crippen LogP) is 2.99. The van der Waals surface area contributed by atoms with Crippen LogP contribution >= 0.6 is 11.6 Å². The molecule has 1 saturated carbocycles. The van der Waals surface area contributed by atoms with E-state index in [1.807, 2.05) is 6.07 Å². The van der Waals surface area contributed by atoms with E-state index in [0.29, 0.717) is 17.1 Å².